The predicted octanol–water partition coefficient (Wildman–Crippen LogP) is 6.43. The Morgan fingerprint density at radius 2 is 1.90 bits per heavy atom. The van der Waals surface area contributed by atoms with Crippen LogP contribution in [0.2, 0.25) is 0 Å². The molecule has 2 heteroatoms. The van der Waals surface area contributed by atoms with E-state index in [9.17, 15) is 10.2 Å². The molecule has 0 radical (unpaired) electrons. The summed E-state index contributed by atoms with van der Waals surface area (Å²) in [6, 6.07) is 0. The number of hydrogen-bond acceptors (Lipinski definition) is 2. The Morgan fingerprint density at radius 1 is 1.10 bits per heavy atom. The van der Waals surface area contributed by atoms with E-state index in [1.165, 1.54) is 44.9 Å². The van der Waals surface area contributed by atoms with Crippen LogP contribution in [0.4, 0.5) is 0 Å². The zero-order chi connectivity index (χ0) is 20.8. The van der Waals surface area contributed by atoms with Crippen LogP contribution in [-0.2, 0) is 0 Å². The van der Waals surface area contributed by atoms with Crippen LogP contribution in [0.3, 0.4) is 0 Å². The maximum Gasteiger partial charge on any atom is 0.0578 e. The van der Waals surface area contributed by atoms with Crippen LogP contribution < -0.4 is 0 Å². The van der Waals surface area contributed by atoms with Crippen molar-refractivity contribution in [2.24, 2.45) is 34.5 Å². The van der Waals surface area contributed by atoms with Gasteiger partial charge in [0.1, 0.15) is 0 Å². The van der Waals surface area contributed by atoms with Crippen molar-refractivity contribution < 1.29 is 10.2 Å². The summed E-state index contributed by atoms with van der Waals surface area (Å²) in [4.78, 5) is 0. The van der Waals surface area contributed by atoms with Crippen LogP contribution in [0.25, 0.3) is 0 Å². The monoisotopic (exact) mass is 400 g/mol. The Bertz CT molecular complexity index is 676. The van der Waals surface area contributed by atoms with Gasteiger partial charge in [-0.15, -0.1) is 0 Å². The maximum absolute atomic E-state index is 10.2. The molecule has 2 saturated carbocycles. The molecule has 0 spiro atoms. The molecule has 2 unspecified atom stereocenters. The SMILES string of the molecule is CC(CO)CCCC(C)[C@H]1CC[C@H]2C3=C(CC[C@]12C)[C@@]1(C)CC[C@H](O)CC1=CC3. The standard InChI is InChI=1S/C27H44O2/c1-18(17-28)6-5-7-19(2)23-10-11-24-22-9-8-20-16-21(29)12-14-26(20,3)25(22)13-15-27(23,24)4/h8,18-19,21,23-24,28-29H,5-7,9-17H2,1-4H3/t18?,19?,21-,23+,24-,26-,27+/m0/s1. The average Bonchev–Trinajstić information content (AvgIpc) is 3.05. The molecule has 0 aromatic heterocycles. The minimum atomic E-state index is -0.115. The maximum atomic E-state index is 10.2. The third-order valence-corrected chi connectivity index (χ3v) is 9.86. The van der Waals surface area contributed by atoms with Gasteiger partial charge in [-0.25, -0.2) is 0 Å². The highest BCUT2D eigenvalue weighted by molar-refractivity contribution is 5.43. The second kappa shape index (κ2) is 8.15. The fourth-order valence-electron chi connectivity index (χ4n) is 7.96. The summed E-state index contributed by atoms with van der Waals surface area (Å²) in [6.07, 6.45) is 15.8. The molecular weight excluding hydrogens is 356 g/mol. The third-order valence-electron chi connectivity index (χ3n) is 9.86. The molecule has 0 heterocycles. The first-order chi connectivity index (χ1) is 13.8. The fraction of sp³-hybridized carbons (Fsp3) is 0.852. The zero-order valence-electron chi connectivity index (χ0n) is 19.3. The Balaban J connectivity index is 1.49. The van der Waals surface area contributed by atoms with Crippen LogP contribution in [0.1, 0.15) is 98.3 Å². The van der Waals surface area contributed by atoms with Crippen LogP contribution in [-0.4, -0.2) is 22.9 Å². The average molecular weight is 401 g/mol. The molecule has 29 heavy (non-hydrogen) atoms. The Hall–Kier alpha value is -0.600. The zero-order valence-corrected chi connectivity index (χ0v) is 19.3. The molecule has 0 aliphatic heterocycles. The summed E-state index contributed by atoms with van der Waals surface area (Å²) in [5, 5.41) is 19.5. The van der Waals surface area contributed by atoms with Crippen LogP contribution in [0.15, 0.2) is 22.8 Å². The van der Waals surface area contributed by atoms with Crippen molar-refractivity contribution in [2.45, 2.75) is 104 Å². The topological polar surface area (TPSA) is 40.5 Å². The lowest BCUT2D eigenvalue weighted by molar-refractivity contribution is 0.0859. The molecule has 0 bridgehead atoms. The molecule has 164 valence electrons. The van der Waals surface area contributed by atoms with Crippen molar-refractivity contribution in [1.29, 1.82) is 0 Å². The predicted molar refractivity (Wildman–Crippen MR) is 121 cm³/mol. The highest BCUT2D eigenvalue weighted by Gasteiger charge is 2.54. The lowest BCUT2D eigenvalue weighted by Crippen LogP contribution is -2.41. The summed E-state index contributed by atoms with van der Waals surface area (Å²) in [5.74, 6) is 2.90. The second-order valence-electron chi connectivity index (χ2n) is 11.6. The van der Waals surface area contributed by atoms with Gasteiger partial charge in [0.05, 0.1) is 6.10 Å². The van der Waals surface area contributed by atoms with E-state index in [1.54, 1.807) is 11.1 Å². The van der Waals surface area contributed by atoms with Gasteiger partial charge in [-0.2, -0.15) is 0 Å². The molecule has 2 nitrogen and oxygen atoms in total. The Labute approximate surface area is 178 Å². The quantitative estimate of drug-likeness (QED) is 0.505. The fourth-order valence-corrected chi connectivity index (χ4v) is 7.96. The largest absolute Gasteiger partial charge is 0.396 e. The molecular formula is C27H44O2. The highest BCUT2D eigenvalue weighted by Crippen LogP contribution is 2.64. The van der Waals surface area contributed by atoms with E-state index < -0.39 is 0 Å². The minimum Gasteiger partial charge on any atom is -0.396 e. The van der Waals surface area contributed by atoms with Crippen molar-refractivity contribution in [1.82, 2.24) is 0 Å². The van der Waals surface area contributed by atoms with E-state index in [-0.39, 0.29) is 11.5 Å². The number of aliphatic hydroxyl groups excluding tert-OH is 2. The van der Waals surface area contributed by atoms with E-state index >= 15 is 0 Å². The van der Waals surface area contributed by atoms with Gasteiger partial charge in [0.15, 0.2) is 0 Å². The normalized spacial score (nSPS) is 41.3. The molecule has 2 N–H and O–H groups in total. The van der Waals surface area contributed by atoms with Crippen molar-refractivity contribution in [3.05, 3.63) is 22.8 Å². The van der Waals surface area contributed by atoms with E-state index in [2.05, 4.69) is 33.8 Å². The first kappa shape index (κ1) is 21.6. The summed E-state index contributed by atoms with van der Waals surface area (Å²) in [6.45, 7) is 10.1. The first-order valence-electron chi connectivity index (χ1n) is 12.5. The Kier molecular flexibility index (Phi) is 6.08. The third kappa shape index (κ3) is 3.67. The van der Waals surface area contributed by atoms with E-state index in [0.717, 1.165) is 43.4 Å². The van der Waals surface area contributed by atoms with Crippen molar-refractivity contribution in [3.63, 3.8) is 0 Å². The second-order valence-corrected chi connectivity index (χ2v) is 11.6. The lowest BCUT2D eigenvalue weighted by atomic mass is 9.53. The molecule has 4 rings (SSSR count). The van der Waals surface area contributed by atoms with E-state index in [1.807, 2.05) is 5.57 Å². The van der Waals surface area contributed by atoms with Crippen LogP contribution in [0, 0.1) is 34.5 Å². The summed E-state index contributed by atoms with van der Waals surface area (Å²) < 4.78 is 0. The van der Waals surface area contributed by atoms with Gasteiger partial charge in [0.2, 0.25) is 0 Å². The minimum absolute atomic E-state index is 0.115. The lowest BCUT2D eigenvalue weighted by Gasteiger charge is -2.52. The molecule has 0 aromatic carbocycles. The Morgan fingerprint density at radius 3 is 2.66 bits per heavy atom. The van der Waals surface area contributed by atoms with Crippen LogP contribution in [0.5, 0.6) is 0 Å². The highest BCUT2D eigenvalue weighted by atomic mass is 16.3. The smallest absolute Gasteiger partial charge is 0.0578 e. The van der Waals surface area contributed by atoms with E-state index in [4.69, 9.17) is 0 Å². The molecule has 0 amide bonds. The first-order valence-corrected chi connectivity index (χ1v) is 12.5. The molecule has 0 aromatic rings. The van der Waals surface area contributed by atoms with Gasteiger partial charge in [0, 0.05) is 12.0 Å². The van der Waals surface area contributed by atoms with Crippen molar-refractivity contribution >= 4 is 0 Å². The summed E-state index contributed by atoms with van der Waals surface area (Å²) in [7, 11) is 0. The van der Waals surface area contributed by atoms with Gasteiger partial charge < -0.3 is 10.2 Å². The van der Waals surface area contributed by atoms with Crippen LogP contribution >= 0.6 is 0 Å². The number of hydrogen-bond donors (Lipinski definition) is 2. The number of fused-ring (bicyclic) bond motifs is 4. The molecule has 2 fully saturated rings. The van der Waals surface area contributed by atoms with Gasteiger partial charge >= 0.3 is 0 Å². The van der Waals surface area contributed by atoms with Gasteiger partial charge in [-0.05, 0) is 86.9 Å². The van der Waals surface area contributed by atoms with Crippen molar-refractivity contribution in [2.75, 3.05) is 6.61 Å². The molecule has 4 aliphatic rings. The van der Waals surface area contributed by atoms with Gasteiger partial charge in [0.25, 0.3) is 0 Å². The summed E-state index contributed by atoms with van der Waals surface area (Å²) in [5.41, 5.74) is 5.87. The number of allylic oxidation sites excluding steroid dienone is 3. The van der Waals surface area contributed by atoms with Gasteiger partial charge in [-0.3, -0.25) is 0 Å². The number of aliphatic hydroxyl groups is 2. The molecule has 0 saturated heterocycles. The van der Waals surface area contributed by atoms with Gasteiger partial charge in [-0.1, -0.05) is 63.3 Å². The van der Waals surface area contributed by atoms with Crippen molar-refractivity contribution in [3.8, 4) is 0 Å². The summed E-state index contributed by atoms with van der Waals surface area (Å²) >= 11 is 0. The molecule has 7 atom stereocenters. The molecule has 4 aliphatic carbocycles. The number of rotatable bonds is 6. The van der Waals surface area contributed by atoms with E-state index in [0.29, 0.717) is 17.9 Å².